The van der Waals surface area contributed by atoms with E-state index in [1.165, 1.54) is 0 Å². The molecule has 0 aromatic heterocycles. The molecule has 3 heteroatoms. The molecule has 1 rings (SSSR count). The summed E-state index contributed by atoms with van der Waals surface area (Å²) in [6.07, 6.45) is 1.37. The number of piperidine rings is 1. The number of nitrogens with two attached hydrogens (primary N) is 1. The minimum Gasteiger partial charge on any atom is -0.376 e. The van der Waals surface area contributed by atoms with E-state index in [4.69, 9.17) is 5.73 Å². The summed E-state index contributed by atoms with van der Waals surface area (Å²) >= 11 is 0. The molecule has 1 fully saturated rings. The van der Waals surface area contributed by atoms with Crippen molar-refractivity contribution in [3.8, 4) is 0 Å². The first kappa shape index (κ1) is 9.96. The van der Waals surface area contributed by atoms with E-state index < -0.39 is 5.72 Å². The van der Waals surface area contributed by atoms with Crippen molar-refractivity contribution < 1.29 is 5.11 Å². The molecule has 0 bridgehead atoms. The summed E-state index contributed by atoms with van der Waals surface area (Å²) in [7, 11) is 0. The Balaban J connectivity index is 2.47. The number of nitrogens with zero attached hydrogens (tertiary/aromatic N) is 1. The van der Waals surface area contributed by atoms with Crippen molar-refractivity contribution in [2.45, 2.75) is 44.9 Å². The summed E-state index contributed by atoms with van der Waals surface area (Å²) < 4.78 is 0. The lowest BCUT2D eigenvalue weighted by Crippen LogP contribution is -2.54. The van der Waals surface area contributed by atoms with E-state index in [1.54, 1.807) is 0 Å². The average molecular weight is 172 g/mol. The Hall–Kier alpha value is -0.120. The lowest BCUT2D eigenvalue weighted by Gasteiger charge is -2.42. The molecule has 0 saturated carbocycles. The summed E-state index contributed by atoms with van der Waals surface area (Å²) in [6.45, 7) is 8.36. The predicted octanol–water partition coefficient (Wildman–Crippen LogP) is 0.528. The van der Waals surface area contributed by atoms with E-state index in [0.29, 0.717) is 12.8 Å². The van der Waals surface area contributed by atoms with Crippen molar-refractivity contribution in [3.63, 3.8) is 0 Å². The van der Waals surface area contributed by atoms with Gasteiger partial charge < -0.3 is 10.8 Å². The third-order valence-electron chi connectivity index (χ3n) is 2.58. The van der Waals surface area contributed by atoms with Crippen molar-refractivity contribution in [2.24, 2.45) is 5.73 Å². The Kier molecular flexibility index (Phi) is 2.47. The van der Waals surface area contributed by atoms with E-state index in [2.05, 4.69) is 25.7 Å². The van der Waals surface area contributed by atoms with Crippen LogP contribution in [0.5, 0.6) is 0 Å². The molecule has 1 aliphatic rings. The molecule has 0 radical (unpaired) electrons. The lowest BCUT2D eigenvalue weighted by molar-refractivity contribution is -0.0371. The van der Waals surface area contributed by atoms with Gasteiger partial charge in [0.2, 0.25) is 0 Å². The maximum atomic E-state index is 9.51. The van der Waals surface area contributed by atoms with Crippen LogP contribution in [0.3, 0.4) is 0 Å². The van der Waals surface area contributed by atoms with Crippen LogP contribution >= 0.6 is 0 Å². The molecule has 0 spiro atoms. The highest BCUT2D eigenvalue weighted by atomic mass is 16.3. The molecule has 0 amide bonds. The molecule has 1 aliphatic heterocycles. The van der Waals surface area contributed by atoms with Gasteiger partial charge in [-0.15, -0.1) is 0 Å². The zero-order chi connectivity index (χ0) is 9.41. The van der Waals surface area contributed by atoms with E-state index in [0.717, 1.165) is 13.1 Å². The fraction of sp³-hybridized carbons (Fsp3) is 1.00. The Labute approximate surface area is 74.5 Å². The van der Waals surface area contributed by atoms with Gasteiger partial charge in [-0.1, -0.05) is 0 Å². The van der Waals surface area contributed by atoms with Crippen molar-refractivity contribution in [1.82, 2.24) is 4.90 Å². The molecule has 0 aromatic rings. The van der Waals surface area contributed by atoms with Gasteiger partial charge in [0.1, 0.15) is 5.72 Å². The number of aliphatic hydroxyl groups is 1. The first-order valence-corrected chi connectivity index (χ1v) is 4.58. The van der Waals surface area contributed by atoms with Crippen LogP contribution < -0.4 is 5.73 Å². The summed E-state index contributed by atoms with van der Waals surface area (Å²) in [5.41, 5.74) is 4.90. The molecule has 0 aromatic carbocycles. The van der Waals surface area contributed by atoms with Crippen molar-refractivity contribution >= 4 is 0 Å². The summed E-state index contributed by atoms with van der Waals surface area (Å²) in [4.78, 5) is 2.36. The van der Waals surface area contributed by atoms with Gasteiger partial charge in [-0.2, -0.15) is 0 Å². The predicted molar refractivity (Wildman–Crippen MR) is 49.7 cm³/mol. The Bertz CT molecular complexity index is 150. The molecular weight excluding hydrogens is 152 g/mol. The second-order valence-electron chi connectivity index (χ2n) is 4.76. The minimum atomic E-state index is -0.915. The molecule has 1 saturated heterocycles. The van der Waals surface area contributed by atoms with Crippen LogP contribution in [0.2, 0.25) is 0 Å². The lowest BCUT2D eigenvalue weighted by atomic mass is 9.96. The topological polar surface area (TPSA) is 49.5 Å². The van der Waals surface area contributed by atoms with Crippen LogP contribution in [0, 0.1) is 0 Å². The maximum Gasteiger partial charge on any atom is 0.116 e. The van der Waals surface area contributed by atoms with Gasteiger partial charge in [0.15, 0.2) is 0 Å². The SMILES string of the molecule is CC(C)(C)N1CCC(N)(O)CC1. The number of rotatable bonds is 0. The van der Waals surface area contributed by atoms with Gasteiger partial charge in [0, 0.05) is 31.5 Å². The Morgan fingerprint density at radius 2 is 1.67 bits per heavy atom. The standard InChI is InChI=1S/C9H20N2O/c1-8(2,3)11-6-4-9(10,12)5-7-11/h12H,4-7,10H2,1-3H3. The van der Waals surface area contributed by atoms with Crippen LogP contribution in [0.25, 0.3) is 0 Å². The highest BCUT2D eigenvalue weighted by molar-refractivity contribution is 4.86. The maximum absolute atomic E-state index is 9.51. The second kappa shape index (κ2) is 2.98. The summed E-state index contributed by atoms with van der Waals surface area (Å²) in [5.74, 6) is 0. The van der Waals surface area contributed by atoms with Crippen molar-refractivity contribution in [2.75, 3.05) is 13.1 Å². The molecule has 12 heavy (non-hydrogen) atoms. The molecule has 3 nitrogen and oxygen atoms in total. The summed E-state index contributed by atoms with van der Waals surface area (Å²) in [5, 5.41) is 9.51. The van der Waals surface area contributed by atoms with E-state index in [-0.39, 0.29) is 5.54 Å². The third-order valence-corrected chi connectivity index (χ3v) is 2.58. The Morgan fingerprint density at radius 1 is 1.25 bits per heavy atom. The number of hydrogen-bond donors (Lipinski definition) is 2. The van der Waals surface area contributed by atoms with Crippen LogP contribution in [0.4, 0.5) is 0 Å². The Morgan fingerprint density at radius 3 is 2.00 bits per heavy atom. The number of likely N-dealkylation sites (tertiary alicyclic amines) is 1. The molecule has 0 aliphatic carbocycles. The van der Waals surface area contributed by atoms with Gasteiger partial charge in [-0.25, -0.2) is 0 Å². The monoisotopic (exact) mass is 172 g/mol. The zero-order valence-electron chi connectivity index (χ0n) is 8.30. The molecule has 0 unspecified atom stereocenters. The molecular formula is C9H20N2O. The van der Waals surface area contributed by atoms with Gasteiger partial charge in [-0.3, -0.25) is 4.90 Å². The smallest absolute Gasteiger partial charge is 0.116 e. The normalized spacial score (nSPS) is 25.8. The molecule has 0 atom stereocenters. The zero-order valence-corrected chi connectivity index (χ0v) is 8.30. The number of hydrogen-bond acceptors (Lipinski definition) is 3. The van der Waals surface area contributed by atoms with Gasteiger partial charge in [-0.05, 0) is 20.8 Å². The fourth-order valence-corrected chi connectivity index (χ4v) is 1.56. The van der Waals surface area contributed by atoms with E-state index >= 15 is 0 Å². The van der Waals surface area contributed by atoms with Gasteiger partial charge >= 0.3 is 0 Å². The first-order chi connectivity index (χ1) is 5.31. The second-order valence-corrected chi connectivity index (χ2v) is 4.76. The molecule has 3 N–H and O–H groups in total. The quantitative estimate of drug-likeness (QED) is 0.524. The van der Waals surface area contributed by atoms with Crippen LogP contribution in [-0.4, -0.2) is 34.4 Å². The van der Waals surface area contributed by atoms with Crippen molar-refractivity contribution in [1.29, 1.82) is 0 Å². The largest absolute Gasteiger partial charge is 0.376 e. The highest BCUT2D eigenvalue weighted by Crippen LogP contribution is 2.23. The molecule has 1 heterocycles. The van der Waals surface area contributed by atoms with Gasteiger partial charge in [0.05, 0.1) is 0 Å². The highest BCUT2D eigenvalue weighted by Gasteiger charge is 2.32. The first-order valence-electron chi connectivity index (χ1n) is 4.58. The fourth-order valence-electron chi connectivity index (χ4n) is 1.56. The minimum absolute atomic E-state index is 0.205. The van der Waals surface area contributed by atoms with Crippen LogP contribution in [-0.2, 0) is 0 Å². The van der Waals surface area contributed by atoms with Gasteiger partial charge in [0.25, 0.3) is 0 Å². The third kappa shape index (κ3) is 2.44. The van der Waals surface area contributed by atoms with Crippen LogP contribution in [0.15, 0.2) is 0 Å². The average Bonchev–Trinajstić information content (AvgIpc) is 1.83. The van der Waals surface area contributed by atoms with E-state index in [1.807, 2.05) is 0 Å². The van der Waals surface area contributed by atoms with E-state index in [9.17, 15) is 5.11 Å². The summed E-state index contributed by atoms with van der Waals surface area (Å²) in [6, 6.07) is 0. The van der Waals surface area contributed by atoms with Crippen LogP contribution in [0.1, 0.15) is 33.6 Å². The molecule has 72 valence electrons. The van der Waals surface area contributed by atoms with Crippen molar-refractivity contribution in [3.05, 3.63) is 0 Å².